The number of hydrogen-bond acceptors (Lipinski definition) is 3. The highest BCUT2D eigenvalue weighted by molar-refractivity contribution is 5.24. The van der Waals surface area contributed by atoms with E-state index >= 15 is 0 Å². The van der Waals surface area contributed by atoms with Crippen LogP contribution in [-0.4, -0.2) is 14.7 Å². The second kappa shape index (κ2) is 5.77. The Bertz CT molecular complexity index is 701. The van der Waals surface area contributed by atoms with Crippen LogP contribution in [-0.2, 0) is 12.8 Å². The lowest BCUT2D eigenvalue weighted by atomic mass is 10.1. The molecule has 0 aliphatic carbocycles. The number of benzene rings is 1. The molecule has 5 heteroatoms. The van der Waals surface area contributed by atoms with Gasteiger partial charge in [0.15, 0.2) is 0 Å². The Morgan fingerprint density at radius 2 is 1.90 bits per heavy atom. The SMILES string of the molecule is CCc1c(O)n(C(C)Cc2ccccc2)c(=O)[nH]c1=O. The van der Waals surface area contributed by atoms with E-state index in [0.717, 1.165) is 5.56 Å². The van der Waals surface area contributed by atoms with Crippen LogP contribution in [0.4, 0.5) is 0 Å². The zero-order chi connectivity index (χ0) is 14.7. The van der Waals surface area contributed by atoms with Gasteiger partial charge >= 0.3 is 5.69 Å². The van der Waals surface area contributed by atoms with Crippen molar-refractivity contribution in [3.05, 3.63) is 62.3 Å². The monoisotopic (exact) mass is 274 g/mol. The number of aromatic nitrogens is 2. The highest BCUT2D eigenvalue weighted by atomic mass is 16.3. The molecule has 1 heterocycles. The summed E-state index contributed by atoms with van der Waals surface area (Å²) in [4.78, 5) is 25.8. The summed E-state index contributed by atoms with van der Waals surface area (Å²) in [5.74, 6) is -0.232. The van der Waals surface area contributed by atoms with Crippen molar-refractivity contribution in [2.24, 2.45) is 0 Å². The molecule has 0 aliphatic rings. The molecule has 0 aliphatic heterocycles. The first-order valence-electron chi connectivity index (χ1n) is 6.65. The lowest BCUT2D eigenvalue weighted by molar-refractivity contribution is 0.364. The van der Waals surface area contributed by atoms with E-state index in [-0.39, 0.29) is 17.5 Å². The van der Waals surface area contributed by atoms with Crippen molar-refractivity contribution in [1.82, 2.24) is 9.55 Å². The van der Waals surface area contributed by atoms with Crippen molar-refractivity contribution in [2.75, 3.05) is 0 Å². The lowest BCUT2D eigenvalue weighted by Crippen LogP contribution is -2.34. The lowest BCUT2D eigenvalue weighted by Gasteiger charge is -2.17. The fraction of sp³-hybridized carbons (Fsp3) is 0.333. The van der Waals surface area contributed by atoms with Crippen LogP contribution in [0.25, 0.3) is 0 Å². The Balaban J connectivity index is 2.42. The Kier molecular flexibility index (Phi) is 4.08. The summed E-state index contributed by atoms with van der Waals surface area (Å²) in [7, 11) is 0. The van der Waals surface area contributed by atoms with Crippen LogP contribution in [0.5, 0.6) is 5.88 Å². The molecule has 20 heavy (non-hydrogen) atoms. The third kappa shape index (κ3) is 2.66. The van der Waals surface area contributed by atoms with Crippen molar-refractivity contribution in [3.8, 4) is 5.88 Å². The smallest absolute Gasteiger partial charge is 0.331 e. The van der Waals surface area contributed by atoms with Gasteiger partial charge in [0.1, 0.15) is 0 Å². The number of nitrogens with one attached hydrogen (secondary N) is 1. The highest BCUT2D eigenvalue weighted by Gasteiger charge is 2.17. The van der Waals surface area contributed by atoms with E-state index in [9.17, 15) is 14.7 Å². The molecular weight excluding hydrogens is 256 g/mol. The molecule has 0 radical (unpaired) electrons. The second-order valence-corrected chi connectivity index (χ2v) is 4.82. The summed E-state index contributed by atoms with van der Waals surface area (Å²) < 4.78 is 1.24. The zero-order valence-electron chi connectivity index (χ0n) is 11.6. The van der Waals surface area contributed by atoms with Crippen molar-refractivity contribution < 1.29 is 5.11 Å². The topological polar surface area (TPSA) is 75.1 Å². The van der Waals surface area contributed by atoms with E-state index in [1.54, 1.807) is 6.92 Å². The van der Waals surface area contributed by atoms with Gasteiger partial charge in [0.05, 0.1) is 5.56 Å². The Morgan fingerprint density at radius 1 is 1.25 bits per heavy atom. The predicted molar refractivity (Wildman–Crippen MR) is 77.2 cm³/mol. The van der Waals surface area contributed by atoms with Gasteiger partial charge in [-0.3, -0.25) is 14.3 Å². The van der Waals surface area contributed by atoms with Gasteiger partial charge in [-0.2, -0.15) is 0 Å². The molecule has 2 N–H and O–H groups in total. The van der Waals surface area contributed by atoms with Gasteiger partial charge < -0.3 is 5.11 Å². The maximum Gasteiger partial charge on any atom is 0.331 e. The minimum atomic E-state index is -0.576. The Labute approximate surface area is 116 Å². The van der Waals surface area contributed by atoms with Crippen LogP contribution < -0.4 is 11.2 Å². The number of nitrogens with zero attached hydrogens (tertiary/aromatic N) is 1. The van der Waals surface area contributed by atoms with Gasteiger partial charge in [0, 0.05) is 6.04 Å². The van der Waals surface area contributed by atoms with Crippen molar-refractivity contribution in [3.63, 3.8) is 0 Å². The van der Waals surface area contributed by atoms with E-state index in [1.807, 2.05) is 37.3 Å². The first-order valence-corrected chi connectivity index (χ1v) is 6.65. The summed E-state index contributed by atoms with van der Waals surface area (Å²) in [6.07, 6.45) is 0.975. The molecule has 0 fully saturated rings. The van der Waals surface area contributed by atoms with Crippen molar-refractivity contribution in [1.29, 1.82) is 0 Å². The summed E-state index contributed by atoms with van der Waals surface area (Å²) in [5.41, 5.74) is 0.214. The van der Waals surface area contributed by atoms with Crippen LogP contribution in [0.3, 0.4) is 0 Å². The summed E-state index contributed by atoms with van der Waals surface area (Å²) >= 11 is 0. The van der Waals surface area contributed by atoms with Gasteiger partial charge in [0.25, 0.3) is 5.56 Å². The summed E-state index contributed by atoms with van der Waals surface area (Å²) in [6.45, 7) is 3.60. The van der Waals surface area contributed by atoms with Gasteiger partial charge in [0.2, 0.25) is 5.88 Å². The minimum absolute atomic E-state index is 0.232. The molecule has 1 atom stereocenters. The number of rotatable bonds is 4. The first-order chi connectivity index (χ1) is 9.54. The van der Waals surface area contributed by atoms with Gasteiger partial charge in [-0.1, -0.05) is 37.3 Å². The quantitative estimate of drug-likeness (QED) is 0.889. The fourth-order valence-corrected chi connectivity index (χ4v) is 2.35. The molecule has 0 saturated carbocycles. The molecule has 0 saturated heterocycles. The molecule has 5 nitrogen and oxygen atoms in total. The zero-order valence-corrected chi connectivity index (χ0v) is 11.6. The van der Waals surface area contributed by atoms with Crippen LogP contribution in [0, 0.1) is 0 Å². The molecule has 1 aromatic carbocycles. The predicted octanol–water partition coefficient (Wildman–Crippen LogP) is 1.61. The third-order valence-corrected chi connectivity index (χ3v) is 3.38. The van der Waals surface area contributed by atoms with Crippen LogP contribution in [0.15, 0.2) is 39.9 Å². The Hall–Kier alpha value is -2.30. The summed E-state index contributed by atoms with van der Waals surface area (Å²) in [6, 6.07) is 9.46. The average molecular weight is 274 g/mol. The third-order valence-electron chi connectivity index (χ3n) is 3.38. The maximum absolute atomic E-state index is 11.9. The number of H-pyrrole nitrogens is 1. The molecule has 0 bridgehead atoms. The molecule has 0 amide bonds. The van der Waals surface area contributed by atoms with E-state index in [4.69, 9.17) is 0 Å². The van der Waals surface area contributed by atoms with E-state index < -0.39 is 11.2 Å². The number of aromatic hydroxyl groups is 1. The largest absolute Gasteiger partial charge is 0.494 e. The molecular formula is C15H18N2O3. The van der Waals surface area contributed by atoms with Gasteiger partial charge in [-0.05, 0) is 25.3 Å². The first kappa shape index (κ1) is 14.1. The molecule has 1 aromatic heterocycles. The highest BCUT2D eigenvalue weighted by Crippen LogP contribution is 2.19. The van der Waals surface area contributed by atoms with Crippen LogP contribution in [0.2, 0.25) is 0 Å². The molecule has 0 spiro atoms. The number of aromatic amines is 1. The van der Waals surface area contributed by atoms with Crippen molar-refractivity contribution >= 4 is 0 Å². The maximum atomic E-state index is 11.9. The standard InChI is InChI=1S/C15H18N2O3/c1-3-12-13(18)16-15(20)17(14(12)19)10(2)9-11-7-5-4-6-8-11/h4-8,10,19H,3,9H2,1-2H3,(H,16,18,20). The fourth-order valence-electron chi connectivity index (χ4n) is 2.35. The molecule has 2 aromatic rings. The molecule has 2 rings (SSSR count). The molecule has 1 unspecified atom stereocenters. The van der Waals surface area contributed by atoms with E-state index in [2.05, 4.69) is 4.98 Å². The van der Waals surface area contributed by atoms with E-state index in [1.165, 1.54) is 4.57 Å². The van der Waals surface area contributed by atoms with Crippen LogP contribution >= 0.6 is 0 Å². The molecule has 106 valence electrons. The normalized spacial score (nSPS) is 12.3. The second-order valence-electron chi connectivity index (χ2n) is 4.82. The van der Waals surface area contributed by atoms with Crippen LogP contribution in [0.1, 0.15) is 31.0 Å². The van der Waals surface area contributed by atoms with Gasteiger partial charge in [-0.15, -0.1) is 0 Å². The minimum Gasteiger partial charge on any atom is -0.494 e. The summed E-state index contributed by atoms with van der Waals surface area (Å²) in [5, 5.41) is 10.1. The van der Waals surface area contributed by atoms with Gasteiger partial charge in [-0.25, -0.2) is 4.79 Å². The van der Waals surface area contributed by atoms with Crippen molar-refractivity contribution in [2.45, 2.75) is 32.7 Å². The Morgan fingerprint density at radius 3 is 2.50 bits per heavy atom. The average Bonchev–Trinajstić information content (AvgIpc) is 2.39. The number of hydrogen-bond donors (Lipinski definition) is 2. The van der Waals surface area contributed by atoms with E-state index in [0.29, 0.717) is 12.8 Å².